The maximum atomic E-state index is 4.56. The molecule has 106 valence electrons. The number of aliphatic imine (C=N–C) groups is 1. The van der Waals surface area contributed by atoms with Gasteiger partial charge in [-0.2, -0.15) is 0 Å². The number of nitrogens with zero attached hydrogens (tertiary/aromatic N) is 1. The van der Waals surface area contributed by atoms with Crippen molar-refractivity contribution in [2.24, 2.45) is 4.99 Å². The van der Waals surface area contributed by atoms with Crippen molar-refractivity contribution in [3.8, 4) is 0 Å². The summed E-state index contributed by atoms with van der Waals surface area (Å²) in [6.07, 6.45) is 1.82. The van der Waals surface area contributed by atoms with Gasteiger partial charge in [0.1, 0.15) is 0 Å². The van der Waals surface area contributed by atoms with E-state index in [9.17, 15) is 0 Å². The molecule has 1 aromatic carbocycles. The van der Waals surface area contributed by atoms with Gasteiger partial charge in [-0.15, -0.1) is 30.6 Å². The highest BCUT2D eigenvalue weighted by Gasteiger charge is 1.99. The summed E-state index contributed by atoms with van der Waals surface area (Å²) < 4.78 is 0. The zero-order chi connectivity index (χ0) is 13.4. The van der Waals surface area contributed by atoms with Crippen LogP contribution in [-0.4, -0.2) is 19.0 Å². The minimum absolute atomic E-state index is 0. The molecule has 3 nitrogen and oxygen atoms in total. The predicted molar refractivity (Wildman–Crippen MR) is 94.3 cm³/mol. The van der Waals surface area contributed by atoms with Crippen LogP contribution < -0.4 is 10.6 Å². The zero-order valence-electron chi connectivity index (χ0n) is 12.0. The lowest BCUT2D eigenvalue weighted by molar-refractivity contribution is 0.859. The summed E-state index contributed by atoms with van der Waals surface area (Å²) in [5, 5.41) is 6.40. The first kappa shape index (κ1) is 18.0. The molecular weight excluding hydrogens is 349 g/mol. The van der Waals surface area contributed by atoms with Gasteiger partial charge < -0.3 is 10.6 Å². The molecule has 0 aliphatic carbocycles. The Morgan fingerprint density at radius 1 is 1.32 bits per heavy atom. The number of nitrogens with one attached hydrogen (secondary N) is 2. The van der Waals surface area contributed by atoms with Crippen LogP contribution in [0, 0.1) is 13.8 Å². The Morgan fingerprint density at radius 3 is 2.63 bits per heavy atom. The lowest BCUT2D eigenvalue weighted by atomic mass is 10.1. The van der Waals surface area contributed by atoms with Crippen molar-refractivity contribution in [3.63, 3.8) is 0 Å². The molecule has 4 heteroatoms. The third-order valence-corrected chi connectivity index (χ3v) is 2.66. The molecule has 0 unspecified atom stereocenters. The molecule has 0 saturated carbocycles. The summed E-state index contributed by atoms with van der Waals surface area (Å²) in [6.45, 7) is 12.3. The van der Waals surface area contributed by atoms with Crippen molar-refractivity contribution < 1.29 is 0 Å². The van der Waals surface area contributed by atoms with Gasteiger partial charge in [-0.3, -0.25) is 0 Å². The molecule has 0 aliphatic rings. The van der Waals surface area contributed by atoms with E-state index in [-0.39, 0.29) is 24.0 Å². The van der Waals surface area contributed by atoms with E-state index in [1.165, 1.54) is 16.7 Å². The van der Waals surface area contributed by atoms with E-state index >= 15 is 0 Å². The van der Waals surface area contributed by atoms with Gasteiger partial charge in [-0.05, 0) is 31.9 Å². The summed E-state index contributed by atoms with van der Waals surface area (Å²) in [7, 11) is 0. The quantitative estimate of drug-likeness (QED) is 0.360. The first-order valence-electron chi connectivity index (χ1n) is 6.36. The van der Waals surface area contributed by atoms with E-state index in [0.29, 0.717) is 6.54 Å². The lowest BCUT2D eigenvalue weighted by Gasteiger charge is -2.10. The highest BCUT2D eigenvalue weighted by molar-refractivity contribution is 14.0. The largest absolute Gasteiger partial charge is 0.357 e. The number of guanidine groups is 1. The van der Waals surface area contributed by atoms with Crippen molar-refractivity contribution in [1.29, 1.82) is 0 Å². The van der Waals surface area contributed by atoms with Gasteiger partial charge in [0.2, 0.25) is 0 Å². The average Bonchev–Trinajstić information content (AvgIpc) is 2.34. The zero-order valence-corrected chi connectivity index (χ0v) is 14.3. The number of hydrogen-bond donors (Lipinski definition) is 2. The van der Waals surface area contributed by atoms with Gasteiger partial charge in [-0.25, -0.2) is 4.99 Å². The molecule has 0 bridgehead atoms. The number of halogens is 1. The fourth-order valence-electron chi connectivity index (χ4n) is 1.70. The molecule has 0 spiro atoms. The number of benzene rings is 1. The molecule has 19 heavy (non-hydrogen) atoms. The molecule has 0 aromatic heterocycles. The first-order valence-corrected chi connectivity index (χ1v) is 6.36. The number of rotatable bonds is 5. The molecule has 0 radical (unpaired) electrons. The average molecular weight is 373 g/mol. The van der Waals surface area contributed by atoms with E-state index in [2.05, 4.69) is 61.2 Å². The Bertz CT molecular complexity index is 427. The summed E-state index contributed by atoms with van der Waals surface area (Å²) in [5.74, 6) is 0.831. The predicted octanol–water partition coefficient (Wildman–Crippen LogP) is 3.16. The Labute approximate surface area is 133 Å². The van der Waals surface area contributed by atoms with Gasteiger partial charge in [0.25, 0.3) is 0 Å². The summed E-state index contributed by atoms with van der Waals surface area (Å²) >= 11 is 0. The topological polar surface area (TPSA) is 36.4 Å². The van der Waals surface area contributed by atoms with Crippen molar-refractivity contribution in [2.45, 2.75) is 27.3 Å². The normalized spacial score (nSPS) is 10.6. The SMILES string of the molecule is C=CCNC(=NCc1ccc(C)cc1C)NCC.I. The second kappa shape index (κ2) is 9.83. The van der Waals surface area contributed by atoms with Crippen molar-refractivity contribution in [2.75, 3.05) is 13.1 Å². The summed E-state index contributed by atoms with van der Waals surface area (Å²) in [6, 6.07) is 6.46. The highest BCUT2D eigenvalue weighted by atomic mass is 127. The van der Waals surface area contributed by atoms with Gasteiger partial charge in [0.05, 0.1) is 6.54 Å². The maximum absolute atomic E-state index is 4.56. The van der Waals surface area contributed by atoms with Crippen LogP contribution in [0.25, 0.3) is 0 Å². The fourth-order valence-corrected chi connectivity index (χ4v) is 1.70. The minimum atomic E-state index is 0. The molecule has 0 atom stereocenters. The Balaban J connectivity index is 0.00000324. The molecule has 0 heterocycles. The standard InChI is InChI=1S/C15H23N3.HI/c1-5-9-17-15(16-6-2)18-11-14-8-7-12(3)10-13(14)4;/h5,7-8,10H,1,6,9,11H2,2-4H3,(H2,16,17,18);1H. The molecule has 1 rings (SSSR count). The van der Waals surface area contributed by atoms with Crippen LogP contribution in [-0.2, 0) is 6.54 Å². The Kier molecular flexibility index (Phi) is 9.30. The van der Waals surface area contributed by atoms with Crippen LogP contribution in [0.15, 0.2) is 35.8 Å². The fraction of sp³-hybridized carbons (Fsp3) is 0.400. The molecule has 0 amide bonds. The van der Waals surface area contributed by atoms with Gasteiger partial charge in [0, 0.05) is 13.1 Å². The van der Waals surface area contributed by atoms with Crippen LogP contribution >= 0.6 is 24.0 Å². The van der Waals surface area contributed by atoms with E-state index < -0.39 is 0 Å². The third kappa shape index (κ3) is 6.61. The van der Waals surface area contributed by atoms with Crippen LogP contribution in [0.4, 0.5) is 0 Å². The number of aryl methyl sites for hydroxylation is 2. The molecule has 1 aromatic rings. The monoisotopic (exact) mass is 373 g/mol. The minimum Gasteiger partial charge on any atom is -0.357 e. The summed E-state index contributed by atoms with van der Waals surface area (Å²) in [4.78, 5) is 4.56. The molecule has 2 N–H and O–H groups in total. The smallest absolute Gasteiger partial charge is 0.191 e. The summed E-state index contributed by atoms with van der Waals surface area (Å²) in [5.41, 5.74) is 3.84. The molecular formula is C15H24IN3. The van der Waals surface area contributed by atoms with E-state index in [4.69, 9.17) is 0 Å². The van der Waals surface area contributed by atoms with E-state index in [1.807, 2.05) is 6.08 Å². The molecule has 0 fully saturated rings. The van der Waals surface area contributed by atoms with Crippen molar-refractivity contribution in [3.05, 3.63) is 47.5 Å². The van der Waals surface area contributed by atoms with E-state index in [1.54, 1.807) is 0 Å². The highest BCUT2D eigenvalue weighted by Crippen LogP contribution is 2.11. The molecule has 0 saturated heterocycles. The second-order valence-electron chi connectivity index (χ2n) is 4.29. The second-order valence-corrected chi connectivity index (χ2v) is 4.29. The van der Waals surface area contributed by atoms with Crippen LogP contribution in [0.5, 0.6) is 0 Å². The Hall–Kier alpha value is -1.04. The van der Waals surface area contributed by atoms with Crippen molar-refractivity contribution in [1.82, 2.24) is 10.6 Å². The van der Waals surface area contributed by atoms with Crippen molar-refractivity contribution >= 4 is 29.9 Å². The van der Waals surface area contributed by atoms with E-state index in [0.717, 1.165) is 19.0 Å². The number of hydrogen-bond acceptors (Lipinski definition) is 1. The first-order chi connectivity index (χ1) is 8.67. The van der Waals surface area contributed by atoms with Gasteiger partial charge in [0.15, 0.2) is 5.96 Å². The molecule has 0 aliphatic heterocycles. The van der Waals surface area contributed by atoms with Crippen LogP contribution in [0.3, 0.4) is 0 Å². The third-order valence-electron chi connectivity index (χ3n) is 2.66. The van der Waals surface area contributed by atoms with Gasteiger partial charge in [-0.1, -0.05) is 29.8 Å². The van der Waals surface area contributed by atoms with Crippen LogP contribution in [0.1, 0.15) is 23.6 Å². The van der Waals surface area contributed by atoms with Gasteiger partial charge >= 0.3 is 0 Å². The van der Waals surface area contributed by atoms with Crippen LogP contribution in [0.2, 0.25) is 0 Å². The lowest BCUT2D eigenvalue weighted by Crippen LogP contribution is -2.37. The Morgan fingerprint density at radius 2 is 2.05 bits per heavy atom. The maximum Gasteiger partial charge on any atom is 0.191 e.